The molecule has 0 spiro atoms. The van der Waals surface area contributed by atoms with Crippen LogP contribution in [0.5, 0.6) is 0 Å². The van der Waals surface area contributed by atoms with Crippen molar-refractivity contribution in [2.24, 2.45) is 0 Å². The summed E-state index contributed by atoms with van der Waals surface area (Å²) >= 11 is 3.19. The molecule has 0 unspecified atom stereocenters. The first-order chi connectivity index (χ1) is 8.16. The summed E-state index contributed by atoms with van der Waals surface area (Å²) in [6.07, 6.45) is 2.66. The van der Waals surface area contributed by atoms with E-state index in [1.54, 1.807) is 0 Å². The van der Waals surface area contributed by atoms with E-state index in [4.69, 9.17) is 9.84 Å². The predicted molar refractivity (Wildman–Crippen MR) is 65.0 cm³/mol. The van der Waals surface area contributed by atoms with Crippen LogP contribution in [0.3, 0.4) is 0 Å². The fourth-order valence-corrected chi connectivity index (χ4v) is 1.61. The number of anilines is 1. The van der Waals surface area contributed by atoms with Crippen LogP contribution < -0.4 is 5.32 Å². The fraction of sp³-hybridized carbons (Fsp3) is 0.444. The maximum Gasteiger partial charge on any atom is 0.311 e. The number of nitrogens with zero attached hydrogens (tertiary/aromatic N) is 2. The molecule has 1 rings (SSSR count). The van der Waals surface area contributed by atoms with E-state index >= 15 is 0 Å². The van der Waals surface area contributed by atoms with E-state index in [2.05, 4.69) is 26.2 Å². The molecule has 2 N–H and O–H groups in total. The van der Waals surface area contributed by atoms with Crippen LogP contribution in [0.2, 0.25) is 0 Å². The number of hydrogen-bond acceptors (Lipinski definition) is 6. The normalized spacial score (nSPS) is 10.2. The first-order valence-electron chi connectivity index (χ1n) is 4.87. The topological polar surface area (TPSA) is 97.5 Å². The van der Waals surface area contributed by atoms with Crippen molar-refractivity contribution >= 4 is 27.3 Å². The number of pyridine rings is 1. The van der Waals surface area contributed by atoms with E-state index in [9.17, 15) is 10.1 Å². The van der Waals surface area contributed by atoms with Crippen molar-refractivity contribution in [3.05, 3.63) is 27.0 Å². The highest BCUT2D eigenvalue weighted by Crippen LogP contribution is 2.30. The summed E-state index contributed by atoms with van der Waals surface area (Å²) in [5, 5.41) is 22.1. The molecule has 1 heterocycles. The van der Waals surface area contributed by atoms with Crippen molar-refractivity contribution in [3.8, 4) is 0 Å². The summed E-state index contributed by atoms with van der Waals surface area (Å²) in [4.78, 5) is 14.0. The number of ether oxygens (including phenoxy) is 1. The highest BCUT2D eigenvalue weighted by atomic mass is 79.9. The summed E-state index contributed by atoms with van der Waals surface area (Å²) in [6.45, 7) is 0.969. The molecule has 0 atom stereocenters. The second-order valence-corrected chi connectivity index (χ2v) is 3.89. The van der Waals surface area contributed by atoms with Gasteiger partial charge < -0.3 is 15.2 Å². The molecule has 0 amide bonds. The fourth-order valence-electron chi connectivity index (χ4n) is 1.15. The molecule has 0 aliphatic carbocycles. The zero-order valence-corrected chi connectivity index (χ0v) is 10.5. The average molecular weight is 306 g/mol. The number of aromatic nitrogens is 1. The minimum atomic E-state index is -0.505. The van der Waals surface area contributed by atoms with E-state index < -0.39 is 4.92 Å². The van der Waals surface area contributed by atoms with Crippen molar-refractivity contribution in [3.63, 3.8) is 0 Å². The lowest BCUT2D eigenvalue weighted by Gasteiger charge is -2.08. The molecule has 0 aliphatic rings. The molecule has 1 aromatic heterocycles. The van der Waals surface area contributed by atoms with Crippen molar-refractivity contribution in [1.82, 2.24) is 4.98 Å². The number of nitro groups is 1. The van der Waals surface area contributed by atoms with Gasteiger partial charge in [0.05, 0.1) is 29.2 Å². The molecule has 0 saturated heterocycles. The summed E-state index contributed by atoms with van der Waals surface area (Å²) in [5.74, 6) is 0. The monoisotopic (exact) mass is 305 g/mol. The molecule has 94 valence electrons. The predicted octanol–water partition coefficient (Wildman–Crippen LogP) is 1.17. The van der Waals surface area contributed by atoms with Gasteiger partial charge in [0.1, 0.15) is 11.9 Å². The molecule has 0 radical (unpaired) electrons. The Bertz CT molecular complexity index is 389. The summed E-state index contributed by atoms with van der Waals surface area (Å²) in [7, 11) is 0. The number of hydrogen-bond donors (Lipinski definition) is 2. The zero-order chi connectivity index (χ0) is 12.7. The van der Waals surface area contributed by atoms with Gasteiger partial charge in [-0.25, -0.2) is 0 Å². The molecule has 8 heteroatoms. The lowest BCUT2D eigenvalue weighted by Crippen LogP contribution is -2.12. The molecule has 17 heavy (non-hydrogen) atoms. The van der Waals surface area contributed by atoms with Gasteiger partial charge in [0, 0.05) is 12.7 Å². The van der Waals surface area contributed by atoms with E-state index in [1.165, 1.54) is 12.4 Å². The number of aliphatic hydroxyl groups is 1. The smallest absolute Gasteiger partial charge is 0.311 e. The number of rotatable bonds is 7. The Labute approximate surface area is 106 Å². The minimum absolute atomic E-state index is 0.0426. The van der Waals surface area contributed by atoms with Gasteiger partial charge in [0.15, 0.2) is 0 Å². The van der Waals surface area contributed by atoms with Crippen LogP contribution in [-0.2, 0) is 4.74 Å². The summed E-state index contributed by atoms with van der Waals surface area (Å²) in [5.41, 5.74) is 0.277. The van der Waals surface area contributed by atoms with E-state index in [0.717, 1.165) is 0 Å². The lowest BCUT2D eigenvalue weighted by molar-refractivity contribution is -0.384. The summed E-state index contributed by atoms with van der Waals surface area (Å²) < 4.78 is 5.55. The third-order valence-electron chi connectivity index (χ3n) is 1.86. The van der Waals surface area contributed by atoms with Crippen LogP contribution in [0.4, 0.5) is 11.4 Å². The molecule has 1 aromatic rings. The molecular formula is C9H12BrN3O4. The second-order valence-electron chi connectivity index (χ2n) is 3.04. The van der Waals surface area contributed by atoms with Crippen molar-refractivity contribution in [1.29, 1.82) is 0 Å². The van der Waals surface area contributed by atoms with Gasteiger partial charge in [0.2, 0.25) is 0 Å². The van der Waals surface area contributed by atoms with Crippen molar-refractivity contribution < 1.29 is 14.8 Å². The van der Waals surface area contributed by atoms with Gasteiger partial charge in [-0.1, -0.05) is 0 Å². The number of aliphatic hydroxyl groups excluding tert-OH is 1. The van der Waals surface area contributed by atoms with Crippen molar-refractivity contribution in [2.75, 3.05) is 31.7 Å². The molecule has 0 bridgehead atoms. The molecular weight excluding hydrogens is 294 g/mol. The molecule has 0 aliphatic heterocycles. The minimum Gasteiger partial charge on any atom is -0.394 e. The maximum absolute atomic E-state index is 10.7. The Morgan fingerprint density at radius 3 is 2.94 bits per heavy atom. The van der Waals surface area contributed by atoms with E-state index in [0.29, 0.717) is 23.3 Å². The Morgan fingerprint density at radius 1 is 1.53 bits per heavy atom. The Balaban J connectivity index is 2.60. The van der Waals surface area contributed by atoms with Crippen LogP contribution in [0, 0.1) is 10.1 Å². The number of halogens is 1. The van der Waals surface area contributed by atoms with Crippen LogP contribution >= 0.6 is 15.9 Å². The third-order valence-corrected chi connectivity index (χ3v) is 2.46. The molecule has 0 fully saturated rings. The van der Waals surface area contributed by atoms with Gasteiger partial charge in [-0.15, -0.1) is 0 Å². The van der Waals surface area contributed by atoms with Gasteiger partial charge in [-0.05, 0) is 15.9 Å². The highest BCUT2D eigenvalue weighted by molar-refractivity contribution is 9.10. The standard InChI is InChI=1S/C9H12BrN3O4/c10-7-5-11-6-8(13(15)16)9(7)12-1-3-17-4-2-14/h5-6,14H,1-4H2,(H,11,12). The summed E-state index contributed by atoms with van der Waals surface area (Å²) in [6, 6.07) is 0. The highest BCUT2D eigenvalue weighted by Gasteiger charge is 2.16. The van der Waals surface area contributed by atoms with E-state index in [1.807, 2.05) is 0 Å². The van der Waals surface area contributed by atoms with E-state index in [-0.39, 0.29) is 18.9 Å². The molecule has 0 aromatic carbocycles. The van der Waals surface area contributed by atoms with Crippen LogP contribution in [0.15, 0.2) is 16.9 Å². The maximum atomic E-state index is 10.7. The Morgan fingerprint density at radius 2 is 2.29 bits per heavy atom. The Hall–Kier alpha value is -1.25. The first-order valence-corrected chi connectivity index (χ1v) is 5.66. The number of nitrogens with one attached hydrogen (secondary N) is 1. The van der Waals surface area contributed by atoms with Crippen LogP contribution in [0.25, 0.3) is 0 Å². The van der Waals surface area contributed by atoms with Crippen LogP contribution in [0.1, 0.15) is 0 Å². The molecule has 0 saturated carbocycles. The third kappa shape index (κ3) is 4.25. The molecule has 7 nitrogen and oxygen atoms in total. The van der Waals surface area contributed by atoms with Gasteiger partial charge in [0.25, 0.3) is 0 Å². The Kier molecular flexibility index (Phi) is 5.81. The zero-order valence-electron chi connectivity index (χ0n) is 8.93. The van der Waals surface area contributed by atoms with Gasteiger partial charge >= 0.3 is 5.69 Å². The quantitative estimate of drug-likeness (QED) is 0.446. The SMILES string of the molecule is O=[N+]([O-])c1cncc(Br)c1NCCOCCO. The first kappa shape index (κ1) is 13.8. The van der Waals surface area contributed by atoms with Gasteiger partial charge in [-0.3, -0.25) is 15.1 Å². The van der Waals surface area contributed by atoms with Gasteiger partial charge in [-0.2, -0.15) is 0 Å². The largest absolute Gasteiger partial charge is 0.394 e. The van der Waals surface area contributed by atoms with Crippen LogP contribution in [-0.4, -0.2) is 41.4 Å². The average Bonchev–Trinajstić information content (AvgIpc) is 2.30. The lowest BCUT2D eigenvalue weighted by atomic mass is 10.3. The second kappa shape index (κ2) is 7.15. The van der Waals surface area contributed by atoms with Crippen molar-refractivity contribution in [2.45, 2.75) is 0 Å².